The molecule has 4 rings (SSSR count). The van der Waals surface area contributed by atoms with Gasteiger partial charge < -0.3 is 9.47 Å². The van der Waals surface area contributed by atoms with E-state index in [0.717, 1.165) is 13.8 Å². The molecule has 0 radical (unpaired) electrons. The summed E-state index contributed by atoms with van der Waals surface area (Å²) in [7, 11) is 1.52. The van der Waals surface area contributed by atoms with Crippen LogP contribution in [-0.2, 0) is 6.61 Å². The summed E-state index contributed by atoms with van der Waals surface area (Å²) in [6.07, 6.45) is 1.48. The third-order valence-electron chi connectivity index (χ3n) is 4.86. The Morgan fingerprint density at radius 2 is 1.97 bits per heavy atom. The van der Waals surface area contributed by atoms with E-state index in [0.29, 0.717) is 27.3 Å². The van der Waals surface area contributed by atoms with Crippen LogP contribution in [0.2, 0.25) is 0 Å². The van der Waals surface area contributed by atoms with E-state index in [1.807, 2.05) is 6.07 Å². The number of hydrazone groups is 1. The molecule has 178 valence electrons. The van der Waals surface area contributed by atoms with Crippen molar-refractivity contribution in [2.24, 2.45) is 5.10 Å². The molecule has 11 heteroatoms. The number of carbonyl (C=O) groups excluding carboxylic acids is 1. The lowest BCUT2D eigenvalue weighted by molar-refractivity contribution is -0.384. The summed E-state index contributed by atoms with van der Waals surface area (Å²) in [5.41, 5.74) is 3.92. The van der Waals surface area contributed by atoms with Crippen molar-refractivity contribution < 1.29 is 23.6 Å². The lowest BCUT2D eigenvalue weighted by Gasteiger charge is -2.13. The molecule has 4 aromatic rings. The molecule has 0 bridgehead atoms. The Labute approximate surface area is 216 Å². The van der Waals surface area contributed by atoms with Gasteiger partial charge in [-0.1, -0.05) is 12.1 Å². The summed E-state index contributed by atoms with van der Waals surface area (Å²) in [5.74, 6) is 0.287. The second-order valence-corrected chi connectivity index (χ2v) is 9.48. The quantitative estimate of drug-likeness (QED) is 0.117. The van der Waals surface area contributed by atoms with Gasteiger partial charge in [-0.25, -0.2) is 9.82 Å². The summed E-state index contributed by atoms with van der Waals surface area (Å²) >= 11 is 3.33. The maximum Gasteiger partial charge on any atom is 0.281 e. The van der Waals surface area contributed by atoms with Crippen LogP contribution < -0.4 is 14.9 Å². The first-order valence-corrected chi connectivity index (χ1v) is 12.0. The lowest BCUT2D eigenvalue weighted by atomic mass is 10.2. The Morgan fingerprint density at radius 3 is 2.69 bits per heavy atom. The minimum Gasteiger partial charge on any atom is -0.493 e. The molecule has 0 atom stereocenters. The molecule has 1 aromatic heterocycles. The number of non-ortho nitro benzene ring substituents is 1. The number of thiophene rings is 1. The lowest BCUT2D eigenvalue weighted by Crippen LogP contribution is -2.16. The van der Waals surface area contributed by atoms with E-state index in [2.05, 4.69) is 33.1 Å². The van der Waals surface area contributed by atoms with Gasteiger partial charge in [0.05, 0.1) is 26.7 Å². The number of nitro groups is 1. The number of nitrogens with one attached hydrogen (secondary N) is 1. The number of benzene rings is 3. The molecule has 0 fully saturated rings. The molecule has 0 aliphatic rings. The standard InChI is InChI=1S/C24H17FIN3O5S/c1-33-20-9-15(8-19(26)23(20)34-13-14-2-4-17(25)5-3-14)12-27-28-24(30)22-11-16-10-18(29(31)32)6-7-21(16)35-22/h2-12H,13H2,1H3,(H,28,30)/b27-12-. The van der Waals surface area contributed by atoms with Gasteiger partial charge in [-0.05, 0) is 70.1 Å². The fraction of sp³-hybridized carbons (Fsp3) is 0.0833. The normalized spacial score (nSPS) is 11.1. The monoisotopic (exact) mass is 605 g/mol. The number of fused-ring (bicyclic) bond motifs is 1. The highest BCUT2D eigenvalue weighted by atomic mass is 127. The van der Waals surface area contributed by atoms with Gasteiger partial charge in [0.2, 0.25) is 0 Å². The molecule has 1 heterocycles. The molecule has 0 saturated heterocycles. The zero-order valence-electron chi connectivity index (χ0n) is 18.2. The van der Waals surface area contributed by atoms with Crippen LogP contribution in [0.1, 0.15) is 20.8 Å². The third-order valence-corrected chi connectivity index (χ3v) is 6.78. The highest BCUT2D eigenvalue weighted by Gasteiger charge is 2.14. The molecule has 1 N–H and O–H groups in total. The minimum atomic E-state index is -0.476. The van der Waals surface area contributed by atoms with E-state index in [9.17, 15) is 19.3 Å². The average molecular weight is 605 g/mol. The highest BCUT2D eigenvalue weighted by molar-refractivity contribution is 14.1. The first-order valence-electron chi connectivity index (χ1n) is 10.1. The summed E-state index contributed by atoms with van der Waals surface area (Å²) in [5, 5.41) is 15.6. The largest absolute Gasteiger partial charge is 0.493 e. The van der Waals surface area contributed by atoms with E-state index in [1.54, 1.807) is 30.3 Å². The maximum atomic E-state index is 13.1. The Hall–Kier alpha value is -3.58. The van der Waals surface area contributed by atoms with Crippen LogP contribution in [0, 0.1) is 19.5 Å². The zero-order valence-corrected chi connectivity index (χ0v) is 21.1. The summed E-state index contributed by atoms with van der Waals surface area (Å²) < 4.78 is 26.0. The van der Waals surface area contributed by atoms with Crippen molar-refractivity contribution in [3.63, 3.8) is 0 Å². The van der Waals surface area contributed by atoms with Crippen molar-refractivity contribution in [2.75, 3.05) is 7.11 Å². The number of ether oxygens (including phenoxy) is 2. The Bertz CT molecular complexity index is 1440. The Morgan fingerprint density at radius 1 is 1.20 bits per heavy atom. The van der Waals surface area contributed by atoms with Crippen molar-refractivity contribution in [3.8, 4) is 11.5 Å². The molecule has 35 heavy (non-hydrogen) atoms. The van der Waals surface area contributed by atoms with Crippen molar-refractivity contribution in [1.29, 1.82) is 0 Å². The van der Waals surface area contributed by atoms with Gasteiger partial charge in [0.1, 0.15) is 12.4 Å². The van der Waals surface area contributed by atoms with Gasteiger partial charge in [-0.3, -0.25) is 14.9 Å². The average Bonchev–Trinajstić information content (AvgIpc) is 3.27. The Kier molecular flexibility index (Phi) is 7.56. The maximum absolute atomic E-state index is 13.1. The van der Waals surface area contributed by atoms with Crippen LogP contribution in [-0.4, -0.2) is 24.2 Å². The molecule has 0 aliphatic heterocycles. The van der Waals surface area contributed by atoms with Crippen LogP contribution in [0.4, 0.5) is 10.1 Å². The molecule has 0 aliphatic carbocycles. The number of methoxy groups -OCH3 is 1. The number of amides is 1. The molecule has 1 amide bonds. The number of hydrogen-bond acceptors (Lipinski definition) is 7. The molecule has 0 saturated carbocycles. The number of nitrogens with zero attached hydrogens (tertiary/aromatic N) is 2. The van der Waals surface area contributed by atoms with E-state index >= 15 is 0 Å². The van der Waals surface area contributed by atoms with E-state index in [-0.39, 0.29) is 18.1 Å². The third kappa shape index (κ3) is 5.92. The number of carbonyl (C=O) groups is 1. The van der Waals surface area contributed by atoms with Gasteiger partial charge in [0.25, 0.3) is 11.6 Å². The van der Waals surface area contributed by atoms with E-state index in [4.69, 9.17) is 9.47 Å². The first-order chi connectivity index (χ1) is 16.8. The van der Waals surface area contributed by atoms with E-state index in [1.165, 1.54) is 48.9 Å². The van der Waals surface area contributed by atoms with Crippen LogP contribution in [0.25, 0.3) is 10.1 Å². The fourth-order valence-corrected chi connectivity index (χ4v) is 4.88. The number of hydrogen-bond donors (Lipinski definition) is 1. The molecule has 0 spiro atoms. The topological polar surface area (TPSA) is 103 Å². The molecule has 3 aromatic carbocycles. The van der Waals surface area contributed by atoms with Gasteiger partial charge >= 0.3 is 0 Å². The molecule has 8 nitrogen and oxygen atoms in total. The zero-order chi connectivity index (χ0) is 24.9. The molecule has 0 unspecified atom stereocenters. The Balaban J connectivity index is 1.44. The van der Waals surface area contributed by atoms with Gasteiger partial charge in [0.15, 0.2) is 11.5 Å². The summed E-state index contributed by atoms with van der Waals surface area (Å²) in [6, 6.07) is 15.6. The summed E-state index contributed by atoms with van der Waals surface area (Å²) in [4.78, 5) is 23.3. The molecular formula is C24H17FIN3O5S. The van der Waals surface area contributed by atoms with Crippen LogP contribution in [0.3, 0.4) is 0 Å². The van der Waals surface area contributed by atoms with Crippen LogP contribution >= 0.6 is 33.9 Å². The van der Waals surface area contributed by atoms with Crippen molar-refractivity contribution >= 4 is 61.8 Å². The van der Waals surface area contributed by atoms with Gasteiger partial charge in [-0.2, -0.15) is 5.10 Å². The second kappa shape index (κ2) is 10.8. The highest BCUT2D eigenvalue weighted by Crippen LogP contribution is 2.34. The number of halogens is 2. The van der Waals surface area contributed by atoms with Crippen molar-refractivity contribution in [2.45, 2.75) is 6.61 Å². The smallest absolute Gasteiger partial charge is 0.281 e. The SMILES string of the molecule is COc1cc(/C=N\NC(=O)c2cc3cc([N+](=O)[O-])ccc3s2)cc(I)c1OCc1ccc(F)cc1. The molecular weight excluding hydrogens is 588 g/mol. The van der Waals surface area contributed by atoms with Crippen LogP contribution in [0.5, 0.6) is 11.5 Å². The second-order valence-electron chi connectivity index (χ2n) is 7.24. The predicted molar refractivity (Wildman–Crippen MR) is 140 cm³/mol. The first kappa shape index (κ1) is 24.5. The number of rotatable bonds is 8. The van der Waals surface area contributed by atoms with Gasteiger partial charge in [0, 0.05) is 22.2 Å². The van der Waals surface area contributed by atoms with Crippen molar-refractivity contribution in [1.82, 2.24) is 5.43 Å². The summed E-state index contributed by atoms with van der Waals surface area (Å²) in [6.45, 7) is 0.245. The predicted octanol–water partition coefficient (Wildman–Crippen LogP) is 5.90. The van der Waals surface area contributed by atoms with E-state index < -0.39 is 10.8 Å². The fourth-order valence-electron chi connectivity index (χ4n) is 3.17. The number of nitro benzene ring substituents is 1. The van der Waals surface area contributed by atoms with Gasteiger partial charge in [-0.15, -0.1) is 11.3 Å². The van der Waals surface area contributed by atoms with Crippen LogP contribution in [0.15, 0.2) is 65.8 Å². The minimum absolute atomic E-state index is 0.0334. The van der Waals surface area contributed by atoms with Crippen molar-refractivity contribution in [3.05, 3.63) is 96.2 Å².